The molecule has 0 amide bonds. The van der Waals surface area contributed by atoms with Crippen LogP contribution in [0, 0.1) is 13.8 Å². The van der Waals surface area contributed by atoms with Crippen LogP contribution < -0.4 is 5.73 Å². The van der Waals surface area contributed by atoms with Gasteiger partial charge in [0.15, 0.2) is 11.5 Å². The predicted molar refractivity (Wildman–Crippen MR) is 80.6 cm³/mol. The molecule has 2 aromatic heterocycles. The molecule has 2 N–H and O–H groups in total. The number of aromatic nitrogens is 3. The number of nitrogens with zero attached hydrogens (tertiary/aromatic N) is 4. The molecule has 2 heterocycles. The summed E-state index contributed by atoms with van der Waals surface area (Å²) in [5.74, 6) is 0.819. The van der Waals surface area contributed by atoms with Crippen LogP contribution >= 0.6 is 12.2 Å². The van der Waals surface area contributed by atoms with Gasteiger partial charge in [-0.2, -0.15) is 5.10 Å². The lowest BCUT2D eigenvalue weighted by molar-refractivity contribution is 0.409. The van der Waals surface area contributed by atoms with E-state index in [9.17, 15) is 0 Å². The predicted octanol–water partition coefficient (Wildman–Crippen LogP) is 1.08. The minimum absolute atomic E-state index is 0.369. The molecule has 2 aromatic rings. The zero-order valence-electron chi connectivity index (χ0n) is 11.8. The van der Waals surface area contributed by atoms with Crippen molar-refractivity contribution in [1.29, 1.82) is 0 Å². The van der Waals surface area contributed by atoms with Gasteiger partial charge >= 0.3 is 0 Å². The molecule has 0 unspecified atom stereocenters. The third-order valence-electron chi connectivity index (χ3n) is 3.06. The molecule has 0 aliphatic heterocycles. The van der Waals surface area contributed by atoms with Crippen molar-refractivity contribution in [3.63, 3.8) is 0 Å². The Hall–Kier alpha value is -1.53. The van der Waals surface area contributed by atoms with Crippen molar-refractivity contribution in [2.75, 3.05) is 20.6 Å². The van der Waals surface area contributed by atoms with E-state index in [4.69, 9.17) is 18.0 Å². The molecule has 0 spiro atoms. The number of rotatable bonds is 4. The van der Waals surface area contributed by atoms with E-state index in [0.29, 0.717) is 4.99 Å². The van der Waals surface area contributed by atoms with Crippen LogP contribution in [-0.2, 0) is 6.42 Å². The highest BCUT2D eigenvalue weighted by Gasteiger charge is 2.14. The van der Waals surface area contributed by atoms with Crippen molar-refractivity contribution in [1.82, 2.24) is 19.5 Å². The summed E-state index contributed by atoms with van der Waals surface area (Å²) < 4.78 is 1.83. The molecule has 0 radical (unpaired) electrons. The van der Waals surface area contributed by atoms with Crippen LogP contribution in [0.15, 0.2) is 6.07 Å². The first-order chi connectivity index (χ1) is 8.90. The second kappa shape index (κ2) is 5.22. The van der Waals surface area contributed by atoms with Crippen molar-refractivity contribution in [3.8, 4) is 0 Å². The largest absolute Gasteiger partial charge is 0.389 e. The number of fused-ring (bicyclic) bond motifs is 1. The number of aryl methyl sites for hydroxylation is 2. The molecule has 0 aliphatic rings. The lowest BCUT2D eigenvalue weighted by Gasteiger charge is -2.07. The third-order valence-corrected chi connectivity index (χ3v) is 3.26. The van der Waals surface area contributed by atoms with Crippen LogP contribution in [0.2, 0.25) is 0 Å². The van der Waals surface area contributed by atoms with E-state index < -0.39 is 0 Å². The van der Waals surface area contributed by atoms with Gasteiger partial charge in [-0.25, -0.2) is 9.50 Å². The van der Waals surface area contributed by atoms with E-state index in [-0.39, 0.29) is 0 Å². The van der Waals surface area contributed by atoms with E-state index in [1.807, 2.05) is 38.5 Å². The average Bonchev–Trinajstić information content (AvgIpc) is 2.69. The van der Waals surface area contributed by atoms with Gasteiger partial charge in [0.05, 0.1) is 5.56 Å². The topological polar surface area (TPSA) is 59.5 Å². The van der Waals surface area contributed by atoms with E-state index in [2.05, 4.69) is 15.0 Å². The molecule has 2 rings (SSSR count). The van der Waals surface area contributed by atoms with E-state index in [1.54, 1.807) is 0 Å². The lowest BCUT2D eigenvalue weighted by atomic mass is 10.1. The van der Waals surface area contributed by atoms with Crippen LogP contribution in [0.4, 0.5) is 0 Å². The molecular weight excluding hydrogens is 258 g/mol. The summed E-state index contributed by atoms with van der Waals surface area (Å²) in [5, 5.41) is 4.53. The van der Waals surface area contributed by atoms with Crippen molar-refractivity contribution < 1.29 is 0 Å². The Balaban J connectivity index is 2.54. The molecule has 5 nitrogen and oxygen atoms in total. The summed E-state index contributed by atoms with van der Waals surface area (Å²) in [5.41, 5.74) is 9.47. The summed E-state index contributed by atoms with van der Waals surface area (Å²) in [6.45, 7) is 4.92. The summed E-state index contributed by atoms with van der Waals surface area (Å²) >= 11 is 5.12. The summed E-state index contributed by atoms with van der Waals surface area (Å²) in [6.07, 6.45) is 0.809. The van der Waals surface area contributed by atoms with Gasteiger partial charge in [0.1, 0.15) is 4.99 Å². The second-order valence-electron chi connectivity index (χ2n) is 5.02. The Morgan fingerprint density at radius 1 is 1.42 bits per heavy atom. The fourth-order valence-electron chi connectivity index (χ4n) is 2.12. The van der Waals surface area contributed by atoms with E-state index in [0.717, 1.165) is 41.3 Å². The Morgan fingerprint density at radius 3 is 2.68 bits per heavy atom. The maximum absolute atomic E-state index is 5.80. The Kier molecular flexibility index (Phi) is 3.82. The quantitative estimate of drug-likeness (QED) is 0.848. The van der Waals surface area contributed by atoms with Gasteiger partial charge in [-0.3, -0.25) is 0 Å². The minimum Gasteiger partial charge on any atom is -0.389 e. The highest BCUT2D eigenvalue weighted by Crippen LogP contribution is 2.17. The fraction of sp³-hybridized carbons (Fsp3) is 0.462. The SMILES string of the molecule is Cc1cc(C)n2nc(CCN(C)C)nc2c1C(N)=S. The number of hydrogen-bond donors (Lipinski definition) is 1. The van der Waals surface area contributed by atoms with Crippen molar-refractivity contribution >= 4 is 22.9 Å². The summed E-state index contributed by atoms with van der Waals surface area (Å²) in [6, 6.07) is 2.03. The van der Waals surface area contributed by atoms with Gasteiger partial charge in [-0.05, 0) is 39.6 Å². The molecule has 6 heteroatoms. The van der Waals surface area contributed by atoms with Gasteiger partial charge in [0, 0.05) is 18.7 Å². The minimum atomic E-state index is 0.369. The maximum Gasteiger partial charge on any atom is 0.166 e. The zero-order chi connectivity index (χ0) is 14.2. The molecule has 0 bridgehead atoms. The normalized spacial score (nSPS) is 11.4. The number of nitrogens with two attached hydrogens (primary N) is 1. The van der Waals surface area contributed by atoms with E-state index >= 15 is 0 Å². The standard InChI is InChI=1S/C13H19N5S/c1-8-7-9(2)18-13(11(8)12(14)19)15-10(16-18)5-6-17(3)4/h7H,5-6H2,1-4H3,(H2,14,19). The van der Waals surface area contributed by atoms with Gasteiger partial charge in [-0.15, -0.1) is 0 Å². The van der Waals surface area contributed by atoms with E-state index in [1.165, 1.54) is 0 Å². The molecule has 102 valence electrons. The molecular formula is C13H19N5S. The van der Waals surface area contributed by atoms with Gasteiger partial charge in [0.25, 0.3) is 0 Å². The van der Waals surface area contributed by atoms with Crippen molar-refractivity contribution in [2.24, 2.45) is 5.73 Å². The molecule has 0 fully saturated rings. The fourth-order valence-corrected chi connectivity index (χ4v) is 2.37. The smallest absolute Gasteiger partial charge is 0.166 e. The highest BCUT2D eigenvalue weighted by molar-refractivity contribution is 7.80. The molecule has 0 saturated carbocycles. The highest BCUT2D eigenvalue weighted by atomic mass is 32.1. The van der Waals surface area contributed by atoms with Gasteiger partial charge in [0.2, 0.25) is 0 Å². The number of thiocarbonyl (C=S) groups is 1. The summed E-state index contributed by atoms with van der Waals surface area (Å²) in [7, 11) is 4.07. The van der Waals surface area contributed by atoms with Gasteiger partial charge in [-0.1, -0.05) is 12.2 Å². The first-order valence-corrected chi connectivity index (χ1v) is 6.61. The van der Waals surface area contributed by atoms with Crippen molar-refractivity contribution in [2.45, 2.75) is 20.3 Å². The number of pyridine rings is 1. The van der Waals surface area contributed by atoms with Crippen LogP contribution in [0.1, 0.15) is 22.6 Å². The molecule has 0 saturated heterocycles. The Bertz CT molecular complexity index is 629. The maximum atomic E-state index is 5.80. The number of likely N-dealkylation sites (N-methyl/N-ethyl adjacent to an activating group) is 1. The lowest BCUT2D eigenvalue weighted by Crippen LogP contribution is -2.15. The monoisotopic (exact) mass is 277 g/mol. The van der Waals surface area contributed by atoms with Crippen LogP contribution in [-0.4, -0.2) is 45.1 Å². The Labute approximate surface area is 118 Å². The zero-order valence-corrected chi connectivity index (χ0v) is 12.6. The molecule has 19 heavy (non-hydrogen) atoms. The first kappa shape index (κ1) is 13.9. The average molecular weight is 277 g/mol. The molecule has 0 aliphatic carbocycles. The number of hydrogen-bond acceptors (Lipinski definition) is 4. The van der Waals surface area contributed by atoms with Crippen LogP contribution in [0.3, 0.4) is 0 Å². The van der Waals surface area contributed by atoms with Gasteiger partial charge < -0.3 is 10.6 Å². The second-order valence-corrected chi connectivity index (χ2v) is 5.46. The molecule has 0 aromatic carbocycles. The summed E-state index contributed by atoms with van der Waals surface area (Å²) in [4.78, 5) is 7.06. The molecule has 0 atom stereocenters. The third kappa shape index (κ3) is 2.74. The van der Waals surface area contributed by atoms with Crippen LogP contribution in [0.25, 0.3) is 5.65 Å². The first-order valence-electron chi connectivity index (χ1n) is 6.20. The van der Waals surface area contributed by atoms with Crippen LogP contribution in [0.5, 0.6) is 0 Å². The Morgan fingerprint density at radius 2 is 2.11 bits per heavy atom. The van der Waals surface area contributed by atoms with Crippen molar-refractivity contribution in [3.05, 3.63) is 28.7 Å².